The summed E-state index contributed by atoms with van der Waals surface area (Å²) in [6.45, 7) is 8.10. The first kappa shape index (κ1) is 19.9. The van der Waals surface area contributed by atoms with Gasteiger partial charge in [-0.1, -0.05) is 13.3 Å². The number of amides is 1. The van der Waals surface area contributed by atoms with Crippen LogP contribution in [-0.4, -0.2) is 60.0 Å². The number of carbonyl (C=O) groups is 1. The van der Waals surface area contributed by atoms with E-state index in [1.807, 2.05) is 13.1 Å². The van der Waals surface area contributed by atoms with Crippen LogP contribution in [0.4, 0.5) is 0 Å². The first-order chi connectivity index (χ1) is 10.6. The molecule has 0 unspecified atom stereocenters. The number of halogens is 1. The van der Waals surface area contributed by atoms with Gasteiger partial charge in [0.2, 0.25) is 5.91 Å². The van der Waals surface area contributed by atoms with Crippen LogP contribution in [-0.2, 0) is 16.1 Å². The van der Waals surface area contributed by atoms with Crippen LogP contribution in [0.5, 0.6) is 0 Å². The third-order valence-corrected chi connectivity index (χ3v) is 4.20. The largest absolute Gasteiger partial charge is 0.383 e. The fourth-order valence-electron chi connectivity index (χ4n) is 3.14. The second-order valence-electron chi connectivity index (χ2n) is 6.19. The molecule has 132 valence electrons. The maximum atomic E-state index is 12.2. The lowest BCUT2D eigenvalue weighted by Crippen LogP contribution is -2.42. The Kier molecular flexibility index (Phi) is 8.58. The molecular formula is C16H29ClN4O2. The number of methoxy groups -OCH3 is 1. The van der Waals surface area contributed by atoms with Gasteiger partial charge in [0.05, 0.1) is 12.8 Å². The van der Waals surface area contributed by atoms with Gasteiger partial charge in [-0.3, -0.25) is 14.4 Å². The van der Waals surface area contributed by atoms with Crippen molar-refractivity contribution in [1.82, 2.24) is 20.0 Å². The van der Waals surface area contributed by atoms with Gasteiger partial charge in [0, 0.05) is 39.0 Å². The first-order valence-corrected chi connectivity index (χ1v) is 8.12. The molecule has 1 N–H and O–H groups in total. The normalized spacial score (nSPS) is 21.2. The lowest BCUT2D eigenvalue weighted by Gasteiger charge is -2.19. The Morgan fingerprint density at radius 3 is 2.87 bits per heavy atom. The molecule has 1 amide bonds. The fraction of sp³-hybridized carbons (Fsp3) is 0.750. The minimum absolute atomic E-state index is 0. The summed E-state index contributed by atoms with van der Waals surface area (Å²) in [5.74, 6) is 0.577. The van der Waals surface area contributed by atoms with Gasteiger partial charge < -0.3 is 10.1 Å². The molecule has 23 heavy (non-hydrogen) atoms. The van der Waals surface area contributed by atoms with Gasteiger partial charge in [-0.05, 0) is 24.8 Å². The van der Waals surface area contributed by atoms with Crippen LogP contribution in [0.3, 0.4) is 0 Å². The molecule has 1 saturated heterocycles. The summed E-state index contributed by atoms with van der Waals surface area (Å²) in [4.78, 5) is 14.6. The van der Waals surface area contributed by atoms with Crippen molar-refractivity contribution in [1.29, 1.82) is 0 Å². The molecule has 1 aromatic rings. The van der Waals surface area contributed by atoms with E-state index in [1.54, 1.807) is 18.0 Å². The van der Waals surface area contributed by atoms with Crippen LogP contribution >= 0.6 is 12.4 Å². The van der Waals surface area contributed by atoms with Gasteiger partial charge in [-0.25, -0.2) is 0 Å². The van der Waals surface area contributed by atoms with E-state index in [9.17, 15) is 4.79 Å². The highest BCUT2D eigenvalue weighted by molar-refractivity contribution is 5.85. The summed E-state index contributed by atoms with van der Waals surface area (Å²) < 4.78 is 6.85. The fourth-order valence-corrected chi connectivity index (χ4v) is 3.14. The van der Waals surface area contributed by atoms with Crippen LogP contribution in [0.25, 0.3) is 0 Å². The number of aromatic nitrogens is 2. The van der Waals surface area contributed by atoms with Crippen LogP contribution in [0.2, 0.25) is 0 Å². The summed E-state index contributed by atoms with van der Waals surface area (Å²) in [5, 5.41) is 7.37. The third kappa shape index (κ3) is 6.12. The third-order valence-electron chi connectivity index (χ3n) is 4.20. The van der Waals surface area contributed by atoms with E-state index < -0.39 is 0 Å². The van der Waals surface area contributed by atoms with E-state index >= 15 is 0 Å². The molecule has 1 fully saturated rings. The second-order valence-corrected chi connectivity index (χ2v) is 6.19. The Labute approximate surface area is 145 Å². The number of carbonyl (C=O) groups excluding carboxylic acids is 1. The number of aryl methyl sites for hydroxylation is 1. The smallest absolute Gasteiger partial charge is 0.242 e. The minimum Gasteiger partial charge on any atom is -0.383 e. The average molecular weight is 345 g/mol. The molecule has 2 heterocycles. The Hall–Kier alpha value is -1.11. The molecule has 7 heteroatoms. The van der Waals surface area contributed by atoms with Crippen LogP contribution < -0.4 is 5.32 Å². The minimum atomic E-state index is 0. The highest BCUT2D eigenvalue weighted by Gasteiger charge is 2.32. The molecule has 6 nitrogen and oxygen atoms in total. The predicted octanol–water partition coefficient (Wildman–Crippen LogP) is 1.48. The molecular weight excluding hydrogens is 316 g/mol. The number of likely N-dealkylation sites (tertiary alicyclic amines) is 1. The van der Waals surface area contributed by atoms with Crippen molar-refractivity contribution in [3.05, 3.63) is 18.0 Å². The second kappa shape index (κ2) is 9.90. The molecule has 0 aromatic carbocycles. The van der Waals surface area contributed by atoms with E-state index in [-0.39, 0.29) is 24.4 Å². The number of hydrogen-bond donors (Lipinski definition) is 1. The van der Waals surface area contributed by atoms with Crippen LogP contribution in [0, 0.1) is 12.8 Å². The zero-order valence-electron chi connectivity index (χ0n) is 14.3. The SMILES string of the molecule is CCC[C@H]1CN(CCOC)C[C@@H]1NC(=O)Cn1cc(C)cn1.Cl. The number of ether oxygens (including phenoxy) is 1. The van der Waals surface area contributed by atoms with Gasteiger partial charge in [-0.15, -0.1) is 12.4 Å². The lowest BCUT2D eigenvalue weighted by atomic mass is 9.98. The Balaban J connectivity index is 0.00000264. The van der Waals surface area contributed by atoms with Crippen LogP contribution in [0.1, 0.15) is 25.3 Å². The summed E-state index contributed by atoms with van der Waals surface area (Å²) >= 11 is 0. The maximum Gasteiger partial charge on any atom is 0.242 e. The quantitative estimate of drug-likeness (QED) is 0.776. The average Bonchev–Trinajstić information content (AvgIpc) is 3.04. The lowest BCUT2D eigenvalue weighted by molar-refractivity contribution is -0.122. The highest BCUT2D eigenvalue weighted by atomic mass is 35.5. The monoisotopic (exact) mass is 344 g/mol. The zero-order chi connectivity index (χ0) is 15.9. The van der Waals surface area contributed by atoms with E-state index in [0.717, 1.165) is 44.6 Å². The summed E-state index contributed by atoms with van der Waals surface area (Å²) in [6.07, 6.45) is 5.96. The molecule has 0 bridgehead atoms. The molecule has 2 rings (SSSR count). The van der Waals surface area contributed by atoms with Crippen molar-refractivity contribution >= 4 is 18.3 Å². The van der Waals surface area contributed by atoms with E-state index in [4.69, 9.17) is 4.74 Å². The van der Waals surface area contributed by atoms with Crippen molar-refractivity contribution in [3.8, 4) is 0 Å². The molecule has 0 aliphatic carbocycles. The zero-order valence-corrected chi connectivity index (χ0v) is 15.1. The van der Waals surface area contributed by atoms with Gasteiger partial charge in [-0.2, -0.15) is 5.10 Å². The first-order valence-electron chi connectivity index (χ1n) is 8.12. The number of nitrogens with one attached hydrogen (secondary N) is 1. The number of nitrogens with zero attached hydrogens (tertiary/aromatic N) is 3. The van der Waals surface area contributed by atoms with Crippen LogP contribution in [0.15, 0.2) is 12.4 Å². The molecule has 1 aliphatic rings. The van der Waals surface area contributed by atoms with Crippen molar-refractivity contribution in [3.63, 3.8) is 0 Å². The Bertz CT molecular complexity index is 480. The summed E-state index contributed by atoms with van der Waals surface area (Å²) in [5.41, 5.74) is 1.07. The molecule has 0 spiro atoms. The van der Waals surface area contributed by atoms with Gasteiger partial charge in [0.25, 0.3) is 0 Å². The maximum absolute atomic E-state index is 12.2. The molecule has 1 aliphatic heterocycles. The van der Waals surface area contributed by atoms with E-state index in [0.29, 0.717) is 12.5 Å². The summed E-state index contributed by atoms with van der Waals surface area (Å²) in [6, 6.07) is 0.237. The van der Waals surface area contributed by atoms with E-state index in [1.165, 1.54) is 0 Å². The topological polar surface area (TPSA) is 59.4 Å². The molecule has 1 aromatic heterocycles. The van der Waals surface area contributed by atoms with Crippen molar-refractivity contribution in [2.75, 3.05) is 33.4 Å². The standard InChI is InChI=1S/C16H28N4O2.ClH/c1-4-5-14-10-19(6-7-22-3)11-15(14)18-16(21)12-20-9-13(2)8-17-20;/h8-9,14-15H,4-7,10-12H2,1-3H3,(H,18,21);1H/t14-,15-;/m0./s1. The van der Waals surface area contributed by atoms with Crippen molar-refractivity contribution in [2.45, 2.75) is 39.3 Å². The van der Waals surface area contributed by atoms with Crippen molar-refractivity contribution in [2.24, 2.45) is 5.92 Å². The summed E-state index contributed by atoms with van der Waals surface area (Å²) in [7, 11) is 1.73. The van der Waals surface area contributed by atoms with Gasteiger partial charge >= 0.3 is 0 Å². The van der Waals surface area contributed by atoms with Gasteiger partial charge in [0.1, 0.15) is 6.54 Å². The van der Waals surface area contributed by atoms with E-state index in [2.05, 4.69) is 22.2 Å². The number of hydrogen-bond acceptors (Lipinski definition) is 4. The predicted molar refractivity (Wildman–Crippen MR) is 92.9 cm³/mol. The Morgan fingerprint density at radius 1 is 1.48 bits per heavy atom. The number of rotatable bonds is 8. The molecule has 0 saturated carbocycles. The van der Waals surface area contributed by atoms with Gasteiger partial charge in [0.15, 0.2) is 0 Å². The van der Waals surface area contributed by atoms with Crippen molar-refractivity contribution < 1.29 is 9.53 Å². The molecule has 2 atom stereocenters. The highest BCUT2D eigenvalue weighted by Crippen LogP contribution is 2.21. The molecule has 0 radical (unpaired) electrons. The Morgan fingerprint density at radius 2 is 2.26 bits per heavy atom.